The van der Waals surface area contributed by atoms with Crippen molar-refractivity contribution in [2.24, 2.45) is 11.8 Å². The van der Waals surface area contributed by atoms with Gasteiger partial charge < -0.3 is 4.74 Å². The Bertz CT molecular complexity index is 855. The first-order valence-electron chi connectivity index (χ1n) is 11.7. The summed E-state index contributed by atoms with van der Waals surface area (Å²) in [7, 11) is -2.10. The topological polar surface area (TPSA) is 9.23 Å². The quantitative estimate of drug-likeness (QED) is 0.0652. The first-order valence-corrected chi connectivity index (χ1v) is 14.2. The predicted octanol–water partition coefficient (Wildman–Crippen LogP) is 9.88. The Hall–Kier alpha value is -1.06. The van der Waals surface area contributed by atoms with Gasteiger partial charge in [0.05, 0.1) is 31.3 Å². The van der Waals surface area contributed by atoms with Crippen LogP contribution in [-0.2, 0) is 4.74 Å². The van der Waals surface area contributed by atoms with Crippen molar-refractivity contribution in [2.75, 3.05) is 31.3 Å². The van der Waals surface area contributed by atoms with Crippen molar-refractivity contribution in [1.29, 1.82) is 0 Å². The molecule has 0 heterocycles. The monoisotopic (exact) mass is 663 g/mol. The van der Waals surface area contributed by atoms with Crippen LogP contribution in [-0.4, -0.2) is 79.1 Å². The third kappa shape index (κ3) is 7.36. The van der Waals surface area contributed by atoms with E-state index < -0.39 is 68.1 Å². The van der Waals surface area contributed by atoms with Gasteiger partial charge in [0.25, 0.3) is 0 Å². The molecule has 0 fully saturated rings. The highest BCUT2D eigenvalue weighted by atomic mass is 31.2. The summed E-state index contributed by atoms with van der Waals surface area (Å²) in [6, 6.07) is 0. The molecule has 0 unspecified atom stereocenters. The zero-order chi connectivity index (χ0) is 33.3. The van der Waals surface area contributed by atoms with E-state index in [-0.39, 0.29) is 18.0 Å². The lowest BCUT2D eigenvalue weighted by atomic mass is 9.90. The summed E-state index contributed by atoms with van der Waals surface area (Å²) < 4.78 is 230. The number of hydrogen-bond donors (Lipinski definition) is 0. The van der Waals surface area contributed by atoms with Gasteiger partial charge in [-0.2, -0.15) is 74.6 Å². The third-order valence-corrected chi connectivity index (χ3v) is 11.1. The minimum atomic E-state index is -8.65. The summed E-state index contributed by atoms with van der Waals surface area (Å²) in [5.74, 6) is -50.0. The van der Waals surface area contributed by atoms with Gasteiger partial charge in [-0.1, -0.05) is 40.3 Å². The lowest BCUT2D eigenvalue weighted by molar-refractivity contribution is -0.477. The van der Waals surface area contributed by atoms with Crippen LogP contribution >= 0.6 is 7.26 Å². The Morgan fingerprint density at radius 2 is 0.927 bits per heavy atom. The molecule has 1 nitrogen and oxygen atoms in total. The Morgan fingerprint density at radius 3 is 1.24 bits per heavy atom. The summed E-state index contributed by atoms with van der Waals surface area (Å²) >= 11 is 0. The molecule has 0 aromatic rings. The molecule has 0 atom stereocenters. The molecule has 0 aromatic carbocycles. The lowest BCUT2D eigenvalue weighted by Crippen LogP contribution is -2.74. The average Bonchev–Trinajstić information content (AvgIpc) is 2.74. The van der Waals surface area contributed by atoms with Crippen molar-refractivity contribution in [1.82, 2.24) is 0 Å². The number of rotatable bonds is 17. The number of alkyl halides is 17. The van der Waals surface area contributed by atoms with Crippen molar-refractivity contribution < 1.29 is 79.4 Å². The van der Waals surface area contributed by atoms with Crippen LogP contribution in [0.15, 0.2) is 12.7 Å². The minimum absolute atomic E-state index is 0.000399. The average molecular weight is 663 g/mol. The molecule has 0 saturated carbocycles. The van der Waals surface area contributed by atoms with Gasteiger partial charge in [-0.25, -0.2) is 0 Å². The number of halogens is 17. The van der Waals surface area contributed by atoms with Gasteiger partial charge in [0.1, 0.15) is 0 Å². The fourth-order valence-electron chi connectivity index (χ4n) is 4.16. The fourth-order valence-corrected chi connectivity index (χ4v) is 9.60. The van der Waals surface area contributed by atoms with E-state index in [2.05, 4.69) is 11.3 Å². The zero-order valence-corrected chi connectivity index (χ0v) is 22.9. The van der Waals surface area contributed by atoms with Crippen LogP contribution in [0, 0.1) is 11.8 Å². The van der Waals surface area contributed by atoms with Crippen molar-refractivity contribution in [3.05, 3.63) is 12.7 Å². The molecule has 0 aliphatic heterocycles. The van der Waals surface area contributed by atoms with Crippen molar-refractivity contribution in [3.8, 4) is 0 Å². The van der Waals surface area contributed by atoms with E-state index in [1.165, 1.54) is 6.08 Å². The largest absolute Gasteiger partial charge is 0.460 e. The number of ether oxygens (including phenoxy) is 1. The minimum Gasteiger partial charge on any atom is -0.315 e. The Balaban J connectivity index is 6.20. The smallest absolute Gasteiger partial charge is 0.315 e. The highest BCUT2D eigenvalue weighted by Crippen LogP contribution is 2.64. The van der Waals surface area contributed by atoms with Crippen LogP contribution in [0.25, 0.3) is 0 Å². The van der Waals surface area contributed by atoms with Gasteiger partial charge >= 0.3 is 47.8 Å². The molecular weight excluding hydrogens is 634 g/mol. The molecule has 0 N–H and O–H groups in total. The van der Waals surface area contributed by atoms with E-state index in [1.807, 2.05) is 0 Å². The molecule has 0 spiro atoms. The summed E-state index contributed by atoms with van der Waals surface area (Å²) in [6.45, 7) is 9.21. The van der Waals surface area contributed by atoms with Crippen LogP contribution in [0.5, 0.6) is 0 Å². The van der Waals surface area contributed by atoms with Crippen LogP contribution in [0.3, 0.4) is 0 Å². The van der Waals surface area contributed by atoms with E-state index in [0.717, 1.165) is 0 Å². The molecular formula is C22H29F17OP+. The number of hydrogen-bond acceptors (Lipinski definition) is 1. The van der Waals surface area contributed by atoms with Crippen LogP contribution in [0.4, 0.5) is 74.6 Å². The normalized spacial score (nSPS) is 15.7. The van der Waals surface area contributed by atoms with Gasteiger partial charge in [-0.3, -0.25) is 0 Å². The van der Waals surface area contributed by atoms with Crippen LogP contribution in [0.1, 0.15) is 34.1 Å². The maximum atomic E-state index is 14.0. The highest BCUT2D eigenvalue weighted by molar-refractivity contribution is 7.76. The van der Waals surface area contributed by atoms with Gasteiger partial charge in [-0.15, -0.1) is 0 Å². The Morgan fingerprint density at radius 1 is 0.585 bits per heavy atom. The highest BCUT2D eigenvalue weighted by Gasteiger charge is 2.95. The van der Waals surface area contributed by atoms with E-state index in [4.69, 9.17) is 0 Å². The van der Waals surface area contributed by atoms with E-state index in [0.29, 0.717) is 18.5 Å². The van der Waals surface area contributed by atoms with Crippen LogP contribution < -0.4 is 0 Å². The molecule has 0 rings (SSSR count). The maximum Gasteiger partial charge on any atom is 0.460 e. The standard InChI is InChI=1S/C22H29F17OP/c1-6-9-41(11-13(2)3,12-14(4)5)10-7-8-40-22(38,39)20(33,34)18(29,30)16(25,26)15(23,24)17(27,28)19(31,32)21(35,36)37/h6,13-14H,1,7-12H2,2-5H3/q+1. The van der Waals surface area contributed by atoms with Crippen molar-refractivity contribution in [2.45, 2.75) is 81.9 Å². The van der Waals surface area contributed by atoms with E-state index in [1.54, 1.807) is 27.7 Å². The Labute approximate surface area is 225 Å². The lowest BCUT2D eigenvalue weighted by Gasteiger charge is -2.42. The zero-order valence-electron chi connectivity index (χ0n) is 22.0. The first kappa shape index (κ1) is 39.9. The molecule has 19 heteroatoms. The maximum absolute atomic E-state index is 14.0. The Kier molecular flexibility index (Phi) is 12.2. The van der Waals surface area contributed by atoms with E-state index in [9.17, 15) is 74.6 Å². The van der Waals surface area contributed by atoms with Gasteiger partial charge in [0.15, 0.2) is 0 Å². The second-order valence-corrected chi connectivity index (χ2v) is 14.6. The second kappa shape index (κ2) is 12.5. The molecule has 0 bridgehead atoms. The van der Waals surface area contributed by atoms with Gasteiger partial charge in [0, 0.05) is 13.7 Å². The van der Waals surface area contributed by atoms with Gasteiger partial charge in [-0.05, 0) is 11.8 Å². The molecule has 246 valence electrons. The summed E-state index contributed by atoms with van der Waals surface area (Å²) in [6.07, 6.45) is -12.3. The third-order valence-electron chi connectivity index (χ3n) is 5.77. The molecule has 0 aliphatic rings. The molecule has 41 heavy (non-hydrogen) atoms. The van der Waals surface area contributed by atoms with Gasteiger partial charge in [0.2, 0.25) is 0 Å². The molecule has 0 aliphatic carbocycles. The molecule has 0 aromatic heterocycles. The SMILES string of the molecule is C=CC[P+](CCCOC(F)(F)C(F)(F)C(F)(F)C(F)(F)C(F)(F)C(F)(F)C(F)(F)C(F)(F)F)(CC(C)C)CC(C)C. The fraction of sp³-hybridized carbons (Fsp3) is 0.909. The van der Waals surface area contributed by atoms with Crippen molar-refractivity contribution >= 4 is 7.26 Å². The second-order valence-electron chi connectivity index (χ2n) is 10.4. The summed E-state index contributed by atoms with van der Waals surface area (Å²) in [4.78, 5) is 0. The molecule has 0 amide bonds. The van der Waals surface area contributed by atoms with E-state index >= 15 is 0 Å². The van der Waals surface area contributed by atoms with Crippen LogP contribution in [0.2, 0.25) is 0 Å². The molecule has 0 saturated heterocycles. The summed E-state index contributed by atoms with van der Waals surface area (Å²) in [5.41, 5.74) is 0. The summed E-state index contributed by atoms with van der Waals surface area (Å²) in [5, 5.41) is 0. The molecule has 0 radical (unpaired) electrons. The predicted molar refractivity (Wildman–Crippen MR) is 118 cm³/mol. The van der Waals surface area contributed by atoms with Crippen molar-refractivity contribution in [3.63, 3.8) is 0 Å². The first-order chi connectivity index (χ1) is 17.9. The number of allylic oxidation sites excluding steroid dienone is 1.